The molecule has 0 spiro atoms. The van der Waals surface area contributed by atoms with Crippen molar-refractivity contribution in [1.29, 1.82) is 0 Å². The SMILES string of the molecule is Cc1cccc(C)c1NC(=O)C[NH+]1CC[NH+](C[C@H]2C[NH+](CC(C)C)CCO2)CC1. The van der Waals surface area contributed by atoms with Crippen LogP contribution in [-0.2, 0) is 9.53 Å². The number of para-hydroxylation sites is 1. The molecule has 6 heteroatoms. The minimum atomic E-state index is 0.129. The average molecular weight is 406 g/mol. The molecule has 0 aliphatic carbocycles. The zero-order chi connectivity index (χ0) is 20.8. The second-order valence-electron chi connectivity index (χ2n) is 9.49. The van der Waals surface area contributed by atoms with Gasteiger partial charge in [-0.2, -0.15) is 0 Å². The number of piperazine rings is 1. The number of hydrogen-bond acceptors (Lipinski definition) is 2. The zero-order valence-electron chi connectivity index (χ0n) is 18.8. The Morgan fingerprint density at radius 2 is 1.72 bits per heavy atom. The maximum absolute atomic E-state index is 12.5. The Labute approximate surface area is 176 Å². The number of carbonyl (C=O) groups excluding carboxylic acids is 1. The third-order valence-corrected chi connectivity index (χ3v) is 6.36. The molecular weight excluding hydrogens is 364 g/mol. The predicted molar refractivity (Wildman–Crippen MR) is 116 cm³/mol. The van der Waals surface area contributed by atoms with Gasteiger partial charge in [-0.25, -0.2) is 0 Å². The van der Waals surface area contributed by atoms with E-state index in [0.29, 0.717) is 12.6 Å². The van der Waals surface area contributed by atoms with Crippen molar-refractivity contribution in [1.82, 2.24) is 0 Å². The summed E-state index contributed by atoms with van der Waals surface area (Å²) in [6.45, 7) is 19.2. The highest BCUT2D eigenvalue weighted by Crippen LogP contribution is 2.18. The number of amides is 1. The summed E-state index contributed by atoms with van der Waals surface area (Å²) in [5, 5.41) is 3.13. The number of nitrogens with one attached hydrogen (secondary N) is 4. The largest absolute Gasteiger partial charge is 0.361 e. The minimum absolute atomic E-state index is 0.129. The van der Waals surface area contributed by atoms with Crippen LogP contribution in [0.3, 0.4) is 0 Å². The first-order valence-electron chi connectivity index (χ1n) is 11.4. The Morgan fingerprint density at radius 1 is 1.07 bits per heavy atom. The fourth-order valence-corrected chi connectivity index (χ4v) is 4.83. The summed E-state index contributed by atoms with van der Waals surface area (Å²) in [6, 6.07) is 6.14. The van der Waals surface area contributed by atoms with Crippen LogP contribution >= 0.6 is 0 Å². The summed E-state index contributed by atoms with van der Waals surface area (Å²) in [4.78, 5) is 17.3. The van der Waals surface area contributed by atoms with Gasteiger partial charge in [-0.1, -0.05) is 32.0 Å². The van der Waals surface area contributed by atoms with Gasteiger partial charge in [0.2, 0.25) is 0 Å². The first kappa shape index (κ1) is 22.2. The van der Waals surface area contributed by atoms with E-state index in [-0.39, 0.29) is 5.91 Å². The first-order chi connectivity index (χ1) is 13.9. The monoisotopic (exact) mass is 405 g/mol. The van der Waals surface area contributed by atoms with E-state index >= 15 is 0 Å². The van der Waals surface area contributed by atoms with Gasteiger partial charge in [0.05, 0.1) is 13.2 Å². The van der Waals surface area contributed by atoms with Crippen LogP contribution in [0.4, 0.5) is 5.69 Å². The van der Waals surface area contributed by atoms with Gasteiger partial charge < -0.3 is 24.8 Å². The average Bonchev–Trinajstić information content (AvgIpc) is 2.66. The highest BCUT2D eigenvalue weighted by atomic mass is 16.5. The van der Waals surface area contributed by atoms with Crippen molar-refractivity contribution in [3.05, 3.63) is 29.3 Å². The van der Waals surface area contributed by atoms with E-state index in [0.717, 1.165) is 75.2 Å². The molecule has 0 aromatic heterocycles. The van der Waals surface area contributed by atoms with E-state index in [4.69, 9.17) is 4.74 Å². The molecule has 2 aliphatic heterocycles. The molecule has 3 rings (SSSR count). The third kappa shape index (κ3) is 6.78. The van der Waals surface area contributed by atoms with Crippen LogP contribution in [0.2, 0.25) is 0 Å². The van der Waals surface area contributed by atoms with Crippen molar-refractivity contribution < 1.29 is 24.2 Å². The summed E-state index contributed by atoms with van der Waals surface area (Å²) in [7, 11) is 0. The summed E-state index contributed by atoms with van der Waals surface area (Å²) in [6.07, 6.45) is 0.390. The predicted octanol–water partition coefficient (Wildman–Crippen LogP) is -2.03. The molecule has 0 bridgehead atoms. The molecule has 2 aliphatic rings. The number of rotatable bonds is 7. The Hall–Kier alpha value is -1.47. The van der Waals surface area contributed by atoms with E-state index < -0.39 is 0 Å². The van der Waals surface area contributed by atoms with Gasteiger partial charge in [0.25, 0.3) is 5.91 Å². The van der Waals surface area contributed by atoms with Crippen molar-refractivity contribution in [2.45, 2.75) is 33.8 Å². The van der Waals surface area contributed by atoms with Crippen molar-refractivity contribution in [3.63, 3.8) is 0 Å². The molecule has 1 unspecified atom stereocenters. The van der Waals surface area contributed by atoms with Crippen molar-refractivity contribution in [2.24, 2.45) is 5.92 Å². The van der Waals surface area contributed by atoms with Crippen LogP contribution in [0.1, 0.15) is 25.0 Å². The molecule has 1 aromatic rings. The standard InChI is InChI=1S/C23H38N4O2/c1-18(2)14-27-12-13-29-21(16-27)15-25-8-10-26(11-9-25)17-22(28)24-23-19(3)6-5-7-20(23)4/h5-7,18,21H,8-17H2,1-4H3,(H,24,28)/p+3/t21-/m0/s1. The van der Waals surface area contributed by atoms with Crippen molar-refractivity contribution in [2.75, 3.05) is 70.8 Å². The molecular formula is C23H41N4O2+3. The van der Waals surface area contributed by atoms with Crippen molar-refractivity contribution in [3.8, 4) is 0 Å². The smallest absolute Gasteiger partial charge is 0.279 e. The molecule has 0 radical (unpaired) electrons. The fourth-order valence-electron chi connectivity index (χ4n) is 4.83. The molecule has 29 heavy (non-hydrogen) atoms. The molecule has 2 heterocycles. The molecule has 2 atom stereocenters. The molecule has 2 fully saturated rings. The van der Waals surface area contributed by atoms with Crippen molar-refractivity contribution >= 4 is 11.6 Å². The van der Waals surface area contributed by atoms with Crippen LogP contribution in [0.25, 0.3) is 0 Å². The van der Waals surface area contributed by atoms with Gasteiger partial charge in [0.1, 0.15) is 45.8 Å². The van der Waals surface area contributed by atoms with E-state index in [1.807, 2.05) is 6.07 Å². The molecule has 2 saturated heterocycles. The van der Waals surface area contributed by atoms with Gasteiger partial charge in [-0.15, -0.1) is 0 Å². The van der Waals surface area contributed by atoms with Crippen LogP contribution in [0, 0.1) is 19.8 Å². The number of anilines is 1. The van der Waals surface area contributed by atoms with E-state index in [1.165, 1.54) is 11.4 Å². The lowest BCUT2D eigenvalue weighted by Crippen LogP contribution is -3.29. The van der Waals surface area contributed by atoms with E-state index in [9.17, 15) is 4.79 Å². The van der Waals surface area contributed by atoms with E-state index in [1.54, 1.807) is 9.80 Å². The second-order valence-corrected chi connectivity index (χ2v) is 9.49. The molecule has 1 aromatic carbocycles. The number of hydrogen-bond donors (Lipinski definition) is 4. The Bertz CT molecular complexity index is 651. The van der Waals surface area contributed by atoms with Gasteiger partial charge in [0.15, 0.2) is 12.6 Å². The lowest BCUT2D eigenvalue weighted by molar-refractivity contribution is -1.01. The lowest BCUT2D eigenvalue weighted by atomic mass is 10.1. The third-order valence-electron chi connectivity index (χ3n) is 6.36. The molecule has 1 amide bonds. The summed E-state index contributed by atoms with van der Waals surface area (Å²) in [5.41, 5.74) is 3.23. The number of quaternary nitrogens is 3. The highest BCUT2D eigenvalue weighted by Gasteiger charge is 2.31. The Kier molecular flexibility index (Phi) is 8.07. The number of morpholine rings is 1. The summed E-state index contributed by atoms with van der Waals surface area (Å²) in [5.74, 6) is 0.877. The maximum Gasteiger partial charge on any atom is 0.279 e. The zero-order valence-corrected chi connectivity index (χ0v) is 18.8. The quantitative estimate of drug-likeness (QED) is 0.423. The number of carbonyl (C=O) groups is 1. The molecule has 162 valence electrons. The molecule has 6 nitrogen and oxygen atoms in total. The normalized spacial score (nSPS) is 27.8. The minimum Gasteiger partial charge on any atom is -0.361 e. The lowest BCUT2D eigenvalue weighted by Gasteiger charge is -2.35. The van der Waals surface area contributed by atoms with Gasteiger partial charge >= 0.3 is 0 Å². The maximum atomic E-state index is 12.5. The summed E-state index contributed by atoms with van der Waals surface area (Å²) < 4.78 is 6.06. The first-order valence-corrected chi connectivity index (χ1v) is 11.4. The summed E-state index contributed by atoms with van der Waals surface area (Å²) >= 11 is 0. The fraction of sp³-hybridized carbons (Fsp3) is 0.696. The van der Waals surface area contributed by atoms with Crippen LogP contribution in [0.5, 0.6) is 0 Å². The van der Waals surface area contributed by atoms with E-state index in [2.05, 4.69) is 45.1 Å². The second kappa shape index (κ2) is 10.5. The molecule has 0 saturated carbocycles. The number of ether oxygens (including phenoxy) is 1. The van der Waals surface area contributed by atoms with Crippen LogP contribution < -0.4 is 20.0 Å². The number of aryl methyl sites for hydroxylation is 2. The molecule has 4 N–H and O–H groups in total. The Balaban J connectivity index is 1.39. The van der Waals surface area contributed by atoms with Gasteiger partial charge in [-0.3, -0.25) is 4.79 Å². The van der Waals surface area contributed by atoms with Crippen LogP contribution in [0.15, 0.2) is 18.2 Å². The topological polar surface area (TPSA) is 51.6 Å². The Morgan fingerprint density at radius 3 is 2.38 bits per heavy atom. The van der Waals surface area contributed by atoms with Gasteiger partial charge in [0, 0.05) is 11.6 Å². The number of benzene rings is 1. The highest BCUT2D eigenvalue weighted by molar-refractivity contribution is 5.93. The van der Waals surface area contributed by atoms with Crippen LogP contribution in [-0.4, -0.2) is 77.5 Å². The van der Waals surface area contributed by atoms with Gasteiger partial charge in [-0.05, 0) is 25.0 Å².